The number of nitrogens with one attached hydrogen (secondary N) is 2. The standard InChI is InChI=1S/C9H11BN2/c10-9(7-3-1-5-11-7)8-4-2-6-12-8/h1-6,9,11-12H,10H2. The largest absolute Gasteiger partial charge is 0.365 e. The van der Waals surface area contributed by atoms with E-state index in [2.05, 4.69) is 29.9 Å². The van der Waals surface area contributed by atoms with Gasteiger partial charge in [0, 0.05) is 29.6 Å². The molecule has 0 aliphatic rings. The average Bonchev–Trinajstić information content (AvgIpc) is 2.77. The van der Waals surface area contributed by atoms with Gasteiger partial charge in [-0.3, -0.25) is 0 Å². The molecular formula is C9H11BN2. The number of aromatic nitrogens is 2. The highest BCUT2D eigenvalue weighted by atomic mass is 14.7. The summed E-state index contributed by atoms with van der Waals surface area (Å²) in [4.78, 5) is 6.41. The van der Waals surface area contributed by atoms with Gasteiger partial charge in [0.25, 0.3) is 0 Å². The second-order valence-corrected chi connectivity index (χ2v) is 2.97. The van der Waals surface area contributed by atoms with Gasteiger partial charge >= 0.3 is 0 Å². The fraction of sp³-hybridized carbons (Fsp3) is 0.111. The Morgan fingerprint density at radius 3 is 1.83 bits per heavy atom. The lowest BCUT2D eigenvalue weighted by Gasteiger charge is -2.06. The zero-order valence-electron chi connectivity index (χ0n) is 7.04. The third-order valence-corrected chi connectivity index (χ3v) is 2.18. The van der Waals surface area contributed by atoms with Crippen molar-refractivity contribution in [2.45, 2.75) is 5.82 Å². The van der Waals surface area contributed by atoms with Crippen LogP contribution in [-0.4, -0.2) is 17.8 Å². The van der Waals surface area contributed by atoms with Gasteiger partial charge in [-0.1, -0.05) is 0 Å². The van der Waals surface area contributed by atoms with E-state index in [-0.39, 0.29) is 0 Å². The second-order valence-electron chi connectivity index (χ2n) is 2.97. The molecule has 0 radical (unpaired) electrons. The molecule has 0 unspecified atom stereocenters. The van der Waals surface area contributed by atoms with E-state index in [1.807, 2.05) is 24.5 Å². The van der Waals surface area contributed by atoms with Crippen molar-refractivity contribution in [3.63, 3.8) is 0 Å². The third-order valence-electron chi connectivity index (χ3n) is 2.18. The van der Waals surface area contributed by atoms with Crippen LogP contribution in [0.4, 0.5) is 0 Å². The summed E-state index contributed by atoms with van der Waals surface area (Å²) in [5.41, 5.74) is 2.50. The topological polar surface area (TPSA) is 31.6 Å². The molecule has 2 heterocycles. The summed E-state index contributed by atoms with van der Waals surface area (Å²) in [6.45, 7) is 0. The number of hydrogen-bond donors (Lipinski definition) is 2. The zero-order valence-corrected chi connectivity index (χ0v) is 7.04. The summed E-state index contributed by atoms with van der Waals surface area (Å²) in [5.74, 6) is 0.426. The predicted octanol–water partition coefficient (Wildman–Crippen LogP) is 1.07. The van der Waals surface area contributed by atoms with Crippen LogP contribution in [0.25, 0.3) is 0 Å². The van der Waals surface area contributed by atoms with Crippen molar-refractivity contribution in [3.8, 4) is 0 Å². The molecule has 2 rings (SSSR count). The van der Waals surface area contributed by atoms with Gasteiger partial charge in [-0.05, 0) is 24.3 Å². The second kappa shape index (κ2) is 2.93. The van der Waals surface area contributed by atoms with Gasteiger partial charge in [0.2, 0.25) is 0 Å². The number of rotatable bonds is 2. The molecular weight excluding hydrogens is 147 g/mol. The highest BCUT2D eigenvalue weighted by molar-refractivity contribution is 6.14. The molecule has 2 nitrogen and oxygen atoms in total. The number of H-pyrrole nitrogens is 2. The molecule has 0 amide bonds. The van der Waals surface area contributed by atoms with Crippen molar-refractivity contribution < 1.29 is 0 Å². The quantitative estimate of drug-likeness (QED) is 0.612. The van der Waals surface area contributed by atoms with Crippen LogP contribution in [0.2, 0.25) is 0 Å². The van der Waals surface area contributed by atoms with E-state index in [0.717, 1.165) is 0 Å². The van der Waals surface area contributed by atoms with Crippen LogP contribution < -0.4 is 0 Å². The molecule has 0 saturated heterocycles. The van der Waals surface area contributed by atoms with Gasteiger partial charge in [-0.15, -0.1) is 0 Å². The molecule has 2 aromatic rings. The first kappa shape index (κ1) is 7.28. The van der Waals surface area contributed by atoms with Crippen LogP contribution in [0.15, 0.2) is 36.7 Å². The smallest absolute Gasteiger partial charge is 0.120 e. The molecule has 60 valence electrons. The highest BCUT2D eigenvalue weighted by Crippen LogP contribution is 2.17. The third kappa shape index (κ3) is 1.18. The lowest BCUT2D eigenvalue weighted by Crippen LogP contribution is -2.00. The molecule has 0 atom stereocenters. The Morgan fingerprint density at radius 2 is 1.50 bits per heavy atom. The van der Waals surface area contributed by atoms with Crippen LogP contribution >= 0.6 is 0 Å². The van der Waals surface area contributed by atoms with Crippen molar-refractivity contribution >= 4 is 7.85 Å². The lowest BCUT2D eigenvalue weighted by molar-refractivity contribution is 1.01. The Bertz CT molecular complexity index is 289. The molecule has 12 heavy (non-hydrogen) atoms. The van der Waals surface area contributed by atoms with E-state index in [9.17, 15) is 0 Å². The lowest BCUT2D eigenvalue weighted by atomic mass is 9.82. The normalized spacial score (nSPS) is 10.8. The van der Waals surface area contributed by atoms with E-state index >= 15 is 0 Å². The summed E-state index contributed by atoms with van der Waals surface area (Å²) in [6.07, 6.45) is 3.91. The first-order valence-corrected chi connectivity index (χ1v) is 4.14. The van der Waals surface area contributed by atoms with E-state index < -0.39 is 0 Å². The Labute approximate surface area is 72.4 Å². The fourth-order valence-corrected chi connectivity index (χ4v) is 1.39. The molecule has 0 saturated carbocycles. The van der Waals surface area contributed by atoms with Crippen LogP contribution in [0.5, 0.6) is 0 Å². The summed E-state index contributed by atoms with van der Waals surface area (Å²) in [5, 5.41) is 0. The highest BCUT2D eigenvalue weighted by Gasteiger charge is 2.08. The van der Waals surface area contributed by atoms with Crippen LogP contribution in [0.3, 0.4) is 0 Å². The Hall–Kier alpha value is -1.38. The molecule has 2 N–H and O–H groups in total. The minimum Gasteiger partial charge on any atom is -0.365 e. The van der Waals surface area contributed by atoms with Crippen LogP contribution in [0, 0.1) is 0 Å². The fourth-order valence-electron chi connectivity index (χ4n) is 1.39. The van der Waals surface area contributed by atoms with Crippen molar-refractivity contribution in [3.05, 3.63) is 48.0 Å². The minimum atomic E-state index is 0.426. The Kier molecular flexibility index (Phi) is 1.78. The summed E-state index contributed by atoms with van der Waals surface area (Å²) < 4.78 is 0. The van der Waals surface area contributed by atoms with Crippen molar-refractivity contribution in [1.29, 1.82) is 0 Å². The summed E-state index contributed by atoms with van der Waals surface area (Å²) in [6, 6.07) is 8.25. The van der Waals surface area contributed by atoms with Gasteiger partial charge in [0.15, 0.2) is 0 Å². The van der Waals surface area contributed by atoms with Crippen molar-refractivity contribution in [1.82, 2.24) is 9.97 Å². The minimum absolute atomic E-state index is 0.426. The zero-order chi connectivity index (χ0) is 8.39. The van der Waals surface area contributed by atoms with E-state index in [1.54, 1.807) is 0 Å². The summed E-state index contributed by atoms with van der Waals surface area (Å²) >= 11 is 0. The molecule has 0 fully saturated rings. The van der Waals surface area contributed by atoms with Gasteiger partial charge < -0.3 is 9.97 Å². The summed E-state index contributed by atoms with van der Waals surface area (Å²) in [7, 11) is 2.18. The van der Waals surface area contributed by atoms with E-state index in [1.165, 1.54) is 11.4 Å². The van der Waals surface area contributed by atoms with E-state index in [0.29, 0.717) is 5.82 Å². The maximum absolute atomic E-state index is 3.21. The number of aromatic amines is 2. The van der Waals surface area contributed by atoms with Crippen LogP contribution in [0.1, 0.15) is 17.2 Å². The molecule has 0 aliphatic heterocycles. The molecule has 0 aromatic carbocycles. The van der Waals surface area contributed by atoms with Crippen molar-refractivity contribution in [2.24, 2.45) is 0 Å². The monoisotopic (exact) mass is 158 g/mol. The first-order valence-electron chi connectivity index (χ1n) is 4.14. The Morgan fingerprint density at radius 1 is 1.00 bits per heavy atom. The predicted molar refractivity (Wildman–Crippen MR) is 52.0 cm³/mol. The number of hydrogen-bond acceptors (Lipinski definition) is 0. The van der Waals surface area contributed by atoms with Gasteiger partial charge in [0.1, 0.15) is 7.85 Å². The molecule has 0 aliphatic carbocycles. The van der Waals surface area contributed by atoms with E-state index in [4.69, 9.17) is 0 Å². The molecule has 3 heteroatoms. The maximum Gasteiger partial charge on any atom is 0.120 e. The molecule has 2 aromatic heterocycles. The van der Waals surface area contributed by atoms with Crippen LogP contribution in [-0.2, 0) is 0 Å². The van der Waals surface area contributed by atoms with Gasteiger partial charge in [0.05, 0.1) is 0 Å². The SMILES string of the molecule is BC(c1ccc[nH]1)c1ccc[nH]1. The van der Waals surface area contributed by atoms with Gasteiger partial charge in [-0.2, -0.15) is 0 Å². The first-order chi connectivity index (χ1) is 5.88. The Balaban J connectivity index is 2.27. The maximum atomic E-state index is 3.21. The average molecular weight is 158 g/mol. The molecule has 0 spiro atoms. The van der Waals surface area contributed by atoms with Gasteiger partial charge in [-0.25, -0.2) is 0 Å². The van der Waals surface area contributed by atoms with Crippen molar-refractivity contribution in [2.75, 3.05) is 0 Å². The molecule has 0 bridgehead atoms.